The van der Waals surface area contributed by atoms with Gasteiger partial charge >= 0.3 is 5.97 Å². The van der Waals surface area contributed by atoms with E-state index in [0.717, 1.165) is 0 Å². The summed E-state index contributed by atoms with van der Waals surface area (Å²) in [6.45, 7) is 4.47. The minimum Gasteiger partial charge on any atom is -0.480 e. The molecule has 0 aromatic rings. The Kier molecular flexibility index (Phi) is 8.51. The van der Waals surface area contributed by atoms with Gasteiger partial charge in [-0.1, -0.05) is 6.58 Å². The minimum atomic E-state index is -1.18. The molecule has 0 heterocycles. The van der Waals surface area contributed by atoms with Crippen LogP contribution >= 0.6 is 0 Å². The van der Waals surface area contributed by atoms with Gasteiger partial charge in [-0.15, -0.1) is 0 Å². The molecule has 0 amide bonds. The molecule has 0 bridgehead atoms. The summed E-state index contributed by atoms with van der Waals surface area (Å²) in [5, 5.41) is 23.7. The number of hydrogen-bond donors (Lipinski definition) is 3. The molecule has 0 unspecified atom stereocenters. The zero-order chi connectivity index (χ0) is 10.1. The van der Waals surface area contributed by atoms with Crippen molar-refractivity contribution in [3.8, 4) is 6.07 Å². The van der Waals surface area contributed by atoms with E-state index >= 15 is 0 Å². The number of aliphatic carboxylic acids is 1. The molecule has 5 heteroatoms. The standard InChI is InChI=1S/C4H5N.C3H7NO3/c1-4(2)3-5;4-2(1-5)3(6)7/h1H2,2H3;2,5H,1,4H2,(H,6,7)/t;2-/m.0/s1. The van der Waals surface area contributed by atoms with Gasteiger partial charge in [-0.05, 0) is 6.92 Å². The van der Waals surface area contributed by atoms with E-state index in [1.165, 1.54) is 0 Å². The molecular weight excluding hydrogens is 160 g/mol. The molecule has 1 atom stereocenters. The number of nitrogens with zero attached hydrogens (tertiary/aromatic N) is 1. The van der Waals surface area contributed by atoms with E-state index in [9.17, 15) is 4.79 Å². The first-order chi connectivity index (χ1) is 5.45. The van der Waals surface area contributed by atoms with Crippen LogP contribution in [-0.4, -0.2) is 28.8 Å². The van der Waals surface area contributed by atoms with Crippen LogP contribution in [0.5, 0.6) is 0 Å². The van der Waals surface area contributed by atoms with Crippen molar-refractivity contribution in [1.82, 2.24) is 0 Å². The molecule has 0 saturated carbocycles. The zero-order valence-electron chi connectivity index (χ0n) is 6.82. The van der Waals surface area contributed by atoms with Crippen LogP contribution in [0.1, 0.15) is 6.92 Å². The van der Waals surface area contributed by atoms with Gasteiger partial charge in [0.05, 0.1) is 12.7 Å². The largest absolute Gasteiger partial charge is 0.480 e. The van der Waals surface area contributed by atoms with Crippen LogP contribution in [0.4, 0.5) is 0 Å². The van der Waals surface area contributed by atoms with Crippen LogP contribution in [0.3, 0.4) is 0 Å². The average molecular weight is 172 g/mol. The SMILES string of the molecule is C=C(C)C#N.N[C@@H](CO)C(=O)O. The second-order valence-electron chi connectivity index (χ2n) is 2.02. The van der Waals surface area contributed by atoms with Gasteiger partial charge in [0.2, 0.25) is 0 Å². The third kappa shape index (κ3) is 11.4. The highest BCUT2D eigenvalue weighted by Gasteiger charge is 2.06. The number of hydrogen-bond acceptors (Lipinski definition) is 4. The molecule has 0 aromatic carbocycles. The molecule has 5 nitrogen and oxygen atoms in total. The highest BCUT2D eigenvalue weighted by Crippen LogP contribution is 1.74. The molecule has 68 valence electrons. The fourth-order valence-electron chi connectivity index (χ4n) is 0.0781. The number of carboxylic acids is 1. The van der Waals surface area contributed by atoms with E-state index in [0.29, 0.717) is 5.57 Å². The maximum atomic E-state index is 9.65. The van der Waals surface area contributed by atoms with Crippen molar-refractivity contribution < 1.29 is 15.0 Å². The Bertz CT molecular complexity index is 195. The molecular formula is C7H12N2O3. The highest BCUT2D eigenvalue weighted by atomic mass is 16.4. The van der Waals surface area contributed by atoms with E-state index in [1.807, 2.05) is 6.07 Å². The number of rotatable bonds is 2. The van der Waals surface area contributed by atoms with Gasteiger partial charge in [0.1, 0.15) is 6.04 Å². The van der Waals surface area contributed by atoms with Gasteiger partial charge in [0, 0.05) is 5.57 Å². The molecule has 12 heavy (non-hydrogen) atoms. The molecule has 0 spiro atoms. The lowest BCUT2D eigenvalue weighted by Crippen LogP contribution is -2.33. The van der Waals surface area contributed by atoms with Crippen molar-refractivity contribution in [1.29, 1.82) is 5.26 Å². The summed E-state index contributed by atoms with van der Waals surface area (Å²) in [6.07, 6.45) is 0. The third-order valence-corrected chi connectivity index (χ3v) is 0.705. The van der Waals surface area contributed by atoms with E-state index in [2.05, 4.69) is 6.58 Å². The number of aliphatic hydroxyl groups is 1. The van der Waals surface area contributed by atoms with E-state index in [-0.39, 0.29) is 0 Å². The van der Waals surface area contributed by atoms with Crippen LogP contribution in [0.15, 0.2) is 12.2 Å². The lowest BCUT2D eigenvalue weighted by atomic mass is 10.3. The minimum absolute atomic E-state index is 0.505. The zero-order valence-corrected chi connectivity index (χ0v) is 6.82. The van der Waals surface area contributed by atoms with Crippen molar-refractivity contribution >= 4 is 5.97 Å². The summed E-state index contributed by atoms with van der Waals surface area (Å²) < 4.78 is 0. The number of aliphatic hydroxyl groups excluding tert-OH is 1. The summed E-state index contributed by atoms with van der Waals surface area (Å²) in [5.41, 5.74) is 5.33. The van der Waals surface area contributed by atoms with Crippen LogP contribution < -0.4 is 5.73 Å². The number of nitriles is 1. The number of carboxylic acid groups (broad SMARTS) is 1. The Labute approximate surface area is 70.7 Å². The Hall–Kier alpha value is -1.38. The molecule has 0 aromatic heterocycles. The normalized spacial score (nSPS) is 10.2. The van der Waals surface area contributed by atoms with E-state index in [4.69, 9.17) is 21.2 Å². The Morgan fingerprint density at radius 2 is 2.17 bits per heavy atom. The van der Waals surface area contributed by atoms with Crippen molar-refractivity contribution in [2.45, 2.75) is 13.0 Å². The van der Waals surface area contributed by atoms with Crippen LogP contribution in [0, 0.1) is 11.3 Å². The topological polar surface area (TPSA) is 107 Å². The molecule has 0 saturated heterocycles. The predicted molar refractivity (Wildman–Crippen MR) is 43.1 cm³/mol. The molecule has 0 fully saturated rings. The predicted octanol–water partition coefficient (Wildman–Crippen LogP) is -0.523. The first kappa shape index (κ1) is 13.2. The lowest BCUT2D eigenvalue weighted by Gasteiger charge is -1.96. The molecule has 4 N–H and O–H groups in total. The van der Waals surface area contributed by atoms with Crippen molar-refractivity contribution in [2.24, 2.45) is 5.73 Å². The van der Waals surface area contributed by atoms with Crippen molar-refractivity contribution in [2.75, 3.05) is 6.61 Å². The smallest absolute Gasteiger partial charge is 0.322 e. The first-order valence-electron chi connectivity index (χ1n) is 3.10. The van der Waals surface area contributed by atoms with Crippen LogP contribution in [0.2, 0.25) is 0 Å². The average Bonchev–Trinajstić information content (AvgIpc) is 2.04. The highest BCUT2D eigenvalue weighted by molar-refractivity contribution is 5.73. The van der Waals surface area contributed by atoms with Gasteiger partial charge in [0.25, 0.3) is 0 Å². The first-order valence-corrected chi connectivity index (χ1v) is 3.10. The molecule has 0 aliphatic carbocycles. The van der Waals surface area contributed by atoms with Gasteiger partial charge in [-0.25, -0.2) is 0 Å². The van der Waals surface area contributed by atoms with Crippen molar-refractivity contribution in [3.63, 3.8) is 0 Å². The van der Waals surface area contributed by atoms with Gasteiger partial charge in [-0.3, -0.25) is 4.79 Å². The van der Waals surface area contributed by atoms with Crippen LogP contribution in [-0.2, 0) is 4.79 Å². The molecule has 0 radical (unpaired) electrons. The monoisotopic (exact) mass is 172 g/mol. The van der Waals surface area contributed by atoms with E-state index < -0.39 is 18.6 Å². The third-order valence-electron chi connectivity index (χ3n) is 0.705. The fourth-order valence-corrected chi connectivity index (χ4v) is 0.0781. The number of carbonyl (C=O) groups is 1. The van der Waals surface area contributed by atoms with Crippen molar-refractivity contribution in [3.05, 3.63) is 12.2 Å². The lowest BCUT2D eigenvalue weighted by molar-refractivity contribution is -0.139. The van der Waals surface area contributed by atoms with Gasteiger partial charge in [0.15, 0.2) is 0 Å². The molecule has 0 aliphatic heterocycles. The Morgan fingerprint density at radius 1 is 1.83 bits per heavy atom. The van der Waals surface area contributed by atoms with Gasteiger partial charge < -0.3 is 15.9 Å². The summed E-state index contributed by atoms with van der Waals surface area (Å²) in [4.78, 5) is 9.65. The summed E-state index contributed by atoms with van der Waals surface area (Å²) in [6, 6.07) is 0.708. The number of nitrogens with two attached hydrogens (primary N) is 1. The molecule has 0 rings (SSSR count). The Balaban J connectivity index is 0. The summed E-state index contributed by atoms with van der Waals surface area (Å²) in [7, 11) is 0. The second kappa shape index (κ2) is 7.72. The summed E-state index contributed by atoms with van der Waals surface area (Å²) in [5.74, 6) is -1.18. The molecule has 0 aliphatic rings. The Morgan fingerprint density at radius 3 is 2.17 bits per heavy atom. The van der Waals surface area contributed by atoms with Gasteiger partial charge in [-0.2, -0.15) is 5.26 Å². The van der Waals surface area contributed by atoms with Crippen LogP contribution in [0.25, 0.3) is 0 Å². The fraction of sp³-hybridized carbons (Fsp3) is 0.429. The maximum absolute atomic E-state index is 9.65. The quantitative estimate of drug-likeness (QED) is 0.485. The maximum Gasteiger partial charge on any atom is 0.322 e. The number of allylic oxidation sites excluding steroid dienone is 1. The van der Waals surface area contributed by atoms with E-state index in [1.54, 1.807) is 6.92 Å². The second-order valence-corrected chi connectivity index (χ2v) is 2.02. The summed E-state index contributed by atoms with van der Waals surface area (Å²) >= 11 is 0.